The molecule has 0 amide bonds. The van der Waals surface area contributed by atoms with Gasteiger partial charge in [-0.3, -0.25) is 0 Å². The van der Waals surface area contributed by atoms with E-state index in [2.05, 4.69) is 30.2 Å². The second-order valence-electron chi connectivity index (χ2n) is 3.40. The number of alkyl halides is 1. The summed E-state index contributed by atoms with van der Waals surface area (Å²) in [6, 6.07) is 4.44. The maximum atomic E-state index is 5.72. The van der Waals surface area contributed by atoms with Gasteiger partial charge in [0.2, 0.25) is 0 Å². The summed E-state index contributed by atoms with van der Waals surface area (Å²) in [6.07, 6.45) is 3.86. The number of halogens is 1. The van der Waals surface area contributed by atoms with Gasteiger partial charge in [-0.15, -0.1) is 11.6 Å². The van der Waals surface area contributed by atoms with Gasteiger partial charge in [0.25, 0.3) is 0 Å². The lowest BCUT2D eigenvalue weighted by molar-refractivity contribution is 0.671. The quantitative estimate of drug-likeness (QED) is 0.759. The van der Waals surface area contributed by atoms with E-state index in [0.29, 0.717) is 11.9 Å². The molecule has 78 valence electrons. The first kappa shape index (κ1) is 11.3. The highest BCUT2D eigenvalue weighted by atomic mass is 35.5. The molecule has 3 heteroatoms. The van der Waals surface area contributed by atoms with Crippen LogP contribution in [0.4, 0.5) is 5.82 Å². The smallest absolute Gasteiger partial charge is 0.129 e. The molecule has 0 radical (unpaired) electrons. The summed E-state index contributed by atoms with van der Waals surface area (Å²) in [5.74, 6) is 1.67. The maximum absolute atomic E-state index is 5.72. The zero-order valence-electron chi connectivity index (χ0n) is 8.76. The van der Waals surface area contributed by atoms with Gasteiger partial charge in [-0.05, 0) is 31.4 Å². The summed E-state index contributed by atoms with van der Waals surface area (Å²) in [4.78, 5) is 4.29. The summed E-state index contributed by atoms with van der Waals surface area (Å²) in [7, 11) is 0. The minimum Gasteiger partial charge on any atom is -0.367 e. The molecule has 1 aromatic heterocycles. The van der Waals surface area contributed by atoms with E-state index in [9.17, 15) is 0 Å². The van der Waals surface area contributed by atoms with Crippen molar-refractivity contribution in [1.82, 2.24) is 4.98 Å². The molecule has 14 heavy (non-hydrogen) atoms. The standard InChI is InChI=1S/C11H17ClN2/c1-3-10(6-7-12)14-11-9(2)5-4-8-13-11/h4-5,8,10H,3,6-7H2,1-2H3,(H,13,14). The first-order valence-electron chi connectivity index (χ1n) is 5.02. The normalized spacial score (nSPS) is 12.5. The van der Waals surface area contributed by atoms with Gasteiger partial charge >= 0.3 is 0 Å². The minimum absolute atomic E-state index is 0.432. The fourth-order valence-electron chi connectivity index (χ4n) is 1.34. The molecule has 0 bridgehead atoms. The van der Waals surface area contributed by atoms with Crippen molar-refractivity contribution in [2.45, 2.75) is 32.7 Å². The maximum Gasteiger partial charge on any atom is 0.129 e. The molecule has 1 unspecified atom stereocenters. The zero-order valence-corrected chi connectivity index (χ0v) is 9.51. The van der Waals surface area contributed by atoms with Crippen LogP contribution in [0.15, 0.2) is 18.3 Å². The fraction of sp³-hybridized carbons (Fsp3) is 0.545. The number of aryl methyl sites for hydroxylation is 1. The fourth-order valence-corrected chi connectivity index (χ4v) is 1.60. The third kappa shape index (κ3) is 3.18. The lowest BCUT2D eigenvalue weighted by Crippen LogP contribution is -2.20. The van der Waals surface area contributed by atoms with E-state index in [1.165, 1.54) is 5.56 Å². The topological polar surface area (TPSA) is 24.9 Å². The number of hydrogen-bond acceptors (Lipinski definition) is 2. The number of rotatable bonds is 5. The zero-order chi connectivity index (χ0) is 10.4. The predicted molar refractivity (Wildman–Crippen MR) is 62.0 cm³/mol. The molecule has 2 nitrogen and oxygen atoms in total. The van der Waals surface area contributed by atoms with Crippen LogP contribution in [-0.4, -0.2) is 16.9 Å². The van der Waals surface area contributed by atoms with E-state index >= 15 is 0 Å². The Hall–Kier alpha value is -0.760. The van der Waals surface area contributed by atoms with Crippen molar-refractivity contribution in [3.8, 4) is 0 Å². The molecule has 1 aromatic rings. The van der Waals surface area contributed by atoms with Crippen molar-refractivity contribution in [1.29, 1.82) is 0 Å². The molecule has 0 aliphatic rings. The average Bonchev–Trinajstić information content (AvgIpc) is 2.20. The van der Waals surface area contributed by atoms with Crippen LogP contribution in [0.5, 0.6) is 0 Å². The van der Waals surface area contributed by atoms with Crippen molar-refractivity contribution in [3.63, 3.8) is 0 Å². The van der Waals surface area contributed by atoms with Gasteiger partial charge in [0.1, 0.15) is 5.82 Å². The molecule has 0 spiro atoms. The van der Waals surface area contributed by atoms with Gasteiger partial charge in [0, 0.05) is 18.1 Å². The van der Waals surface area contributed by atoms with Crippen LogP contribution in [0.2, 0.25) is 0 Å². The molecular weight excluding hydrogens is 196 g/mol. The number of aromatic nitrogens is 1. The Morgan fingerprint density at radius 1 is 1.57 bits per heavy atom. The van der Waals surface area contributed by atoms with Crippen molar-refractivity contribution in [2.75, 3.05) is 11.2 Å². The van der Waals surface area contributed by atoms with Gasteiger partial charge in [-0.25, -0.2) is 4.98 Å². The minimum atomic E-state index is 0.432. The monoisotopic (exact) mass is 212 g/mol. The number of nitrogens with zero attached hydrogens (tertiary/aromatic N) is 1. The first-order chi connectivity index (χ1) is 6.77. The van der Waals surface area contributed by atoms with Crippen LogP contribution in [0.3, 0.4) is 0 Å². The molecule has 1 atom stereocenters. The largest absolute Gasteiger partial charge is 0.367 e. The van der Waals surface area contributed by atoms with Crippen LogP contribution in [0.25, 0.3) is 0 Å². The molecule has 0 fully saturated rings. The second kappa shape index (κ2) is 5.86. The van der Waals surface area contributed by atoms with Crippen LogP contribution in [-0.2, 0) is 0 Å². The second-order valence-corrected chi connectivity index (χ2v) is 3.77. The summed E-state index contributed by atoms with van der Waals surface area (Å²) in [5, 5.41) is 3.40. The summed E-state index contributed by atoms with van der Waals surface area (Å²) in [6.45, 7) is 4.21. The van der Waals surface area contributed by atoms with E-state index in [1.54, 1.807) is 0 Å². The molecule has 1 N–H and O–H groups in total. The molecule has 0 aliphatic carbocycles. The highest BCUT2D eigenvalue weighted by Crippen LogP contribution is 2.13. The lowest BCUT2D eigenvalue weighted by Gasteiger charge is -2.17. The molecular formula is C11H17ClN2. The summed E-state index contributed by atoms with van der Waals surface area (Å²) < 4.78 is 0. The molecule has 0 aromatic carbocycles. The average molecular weight is 213 g/mol. The van der Waals surface area contributed by atoms with E-state index < -0.39 is 0 Å². The Labute approximate surface area is 90.7 Å². The highest BCUT2D eigenvalue weighted by molar-refractivity contribution is 6.17. The molecule has 1 heterocycles. The number of pyridine rings is 1. The Morgan fingerprint density at radius 2 is 2.36 bits per heavy atom. The van der Waals surface area contributed by atoms with Crippen molar-refractivity contribution in [2.24, 2.45) is 0 Å². The van der Waals surface area contributed by atoms with Crippen LogP contribution < -0.4 is 5.32 Å². The highest BCUT2D eigenvalue weighted by Gasteiger charge is 2.06. The van der Waals surface area contributed by atoms with Gasteiger partial charge in [-0.1, -0.05) is 13.0 Å². The molecule has 0 saturated heterocycles. The number of hydrogen-bond donors (Lipinski definition) is 1. The number of nitrogens with one attached hydrogen (secondary N) is 1. The molecule has 1 rings (SSSR count). The molecule has 0 aliphatic heterocycles. The van der Waals surface area contributed by atoms with Gasteiger partial charge in [0.05, 0.1) is 0 Å². The van der Waals surface area contributed by atoms with Gasteiger partial charge in [0.15, 0.2) is 0 Å². The first-order valence-corrected chi connectivity index (χ1v) is 5.55. The Morgan fingerprint density at radius 3 is 2.93 bits per heavy atom. The van der Waals surface area contributed by atoms with Crippen LogP contribution in [0.1, 0.15) is 25.3 Å². The summed E-state index contributed by atoms with van der Waals surface area (Å²) in [5.41, 5.74) is 1.18. The Balaban J connectivity index is 2.62. The van der Waals surface area contributed by atoms with Gasteiger partial charge < -0.3 is 5.32 Å². The van der Waals surface area contributed by atoms with Crippen molar-refractivity contribution in [3.05, 3.63) is 23.9 Å². The van der Waals surface area contributed by atoms with Crippen LogP contribution >= 0.6 is 11.6 Å². The Bertz CT molecular complexity index is 276. The van der Waals surface area contributed by atoms with Gasteiger partial charge in [-0.2, -0.15) is 0 Å². The Kier molecular flexibility index (Phi) is 4.74. The summed E-state index contributed by atoms with van der Waals surface area (Å²) >= 11 is 5.72. The van der Waals surface area contributed by atoms with Crippen LogP contribution in [0, 0.1) is 6.92 Å². The molecule has 0 saturated carbocycles. The number of anilines is 1. The van der Waals surface area contributed by atoms with E-state index in [1.807, 2.05) is 12.3 Å². The van der Waals surface area contributed by atoms with E-state index in [4.69, 9.17) is 11.6 Å². The lowest BCUT2D eigenvalue weighted by atomic mass is 10.1. The van der Waals surface area contributed by atoms with E-state index in [0.717, 1.165) is 18.7 Å². The van der Waals surface area contributed by atoms with E-state index in [-0.39, 0.29) is 0 Å². The van der Waals surface area contributed by atoms with Crippen molar-refractivity contribution >= 4 is 17.4 Å². The SMILES string of the molecule is CCC(CCCl)Nc1ncccc1C. The third-order valence-corrected chi connectivity index (χ3v) is 2.52. The van der Waals surface area contributed by atoms with Crippen molar-refractivity contribution < 1.29 is 0 Å². The third-order valence-electron chi connectivity index (χ3n) is 2.30. The predicted octanol–water partition coefficient (Wildman–Crippen LogP) is 3.21.